The number of benzene rings is 2. The molecule has 0 unspecified atom stereocenters. The number of nitrogens with one attached hydrogen (secondary N) is 2. The largest absolute Gasteiger partial charge is 0.361 e. The van der Waals surface area contributed by atoms with Gasteiger partial charge in [0.05, 0.1) is 11.6 Å². The minimum atomic E-state index is -0.264. The average molecular weight is 443 g/mol. The van der Waals surface area contributed by atoms with Crippen LogP contribution in [-0.2, 0) is 4.79 Å². The number of anilines is 1. The van der Waals surface area contributed by atoms with Crippen LogP contribution in [0, 0.1) is 19.8 Å². The van der Waals surface area contributed by atoms with Crippen molar-refractivity contribution in [2.24, 2.45) is 5.92 Å². The maximum atomic E-state index is 13.1. The molecule has 0 radical (unpaired) electrons. The molecule has 0 spiro atoms. The van der Waals surface area contributed by atoms with Gasteiger partial charge in [-0.2, -0.15) is 0 Å². The van der Waals surface area contributed by atoms with Crippen LogP contribution >= 0.6 is 0 Å². The fraction of sp³-hybridized carbons (Fsp3) is 0.269. The summed E-state index contributed by atoms with van der Waals surface area (Å²) in [7, 11) is 0. The number of carbonyl (C=O) groups excluding carboxylic acids is 2. The molecule has 2 N–H and O–H groups in total. The summed E-state index contributed by atoms with van der Waals surface area (Å²) in [6.07, 6.45) is 1.53. The van der Waals surface area contributed by atoms with E-state index in [2.05, 4.69) is 27.6 Å². The Hall–Kier alpha value is -3.87. The van der Waals surface area contributed by atoms with Gasteiger partial charge in [-0.15, -0.1) is 0 Å². The van der Waals surface area contributed by atoms with E-state index in [1.165, 1.54) is 0 Å². The van der Waals surface area contributed by atoms with Gasteiger partial charge < -0.3 is 19.7 Å². The summed E-state index contributed by atoms with van der Waals surface area (Å²) in [6, 6.07) is 18.1. The molecular weight excluding hydrogens is 416 g/mol. The molecule has 33 heavy (non-hydrogen) atoms. The third-order valence-corrected chi connectivity index (χ3v) is 6.30. The SMILES string of the molecule is Cc1noc(C)c1C(=O)N1CCC[C@H](C(=O)Nc2cccc(-c3cc4ccccc4[nH]3)c2)C1. The van der Waals surface area contributed by atoms with Crippen molar-refractivity contribution >= 4 is 28.4 Å². The van der Waals surface area contributed by atoms with E-state index in [0.717, 1.165) is 40.7 Å². The van der Waals surface area contributed by atoms with Gasteiger partial charge in [0, 0.05) is 40.9 Å². The number of rotatable bonds is 4. The number of amides is 2. The Morgan fingerprint density at radius 2 is 1.97 bits per heavy atom. The lowest BCUT2D eigenvalue weighted by Crippen LogP contribution is -2.44. The highest BCUT2D eigenvalue weighted by Crippen LogP contribution is 2.27. The molecule has 2 aromatic heterocycles. The lowest BCUT2D eigenvalue weighted by molar-refractivity contribution is -0.121. The zero-order valence-electron chi connectivity index (χ0n) is 18.7. The molecule has 1 atom stereocenters. The van der Waals surface area contributed by atoms with Gasteiger partial charge in [-0.1, -0.05) is 35.5 Å². The second kappa shape index (κ2) is 8.58. The highest BCUT2D eigenvalue weighted by molar-refractivity contribution is 5.98. The first-order chi connectivity index (χ1) is 16.0. The second-order valence-corrected chi connectivity index (χ2v) is 8.63. The molecule has 1 saturated heterocycles. The first-order valence-corrected chi connectivity index (χ1v) is 11.2. The number of carbonyl (C=O) groups is 2. The van der Waals surface area contributed by atoms with E-state index in [4.69, 9.17) is 4.52 Å². The Labute approximate surface area is 191 Å². The first-order valence-electron chi connectivity index (χ1n) is 11.2. The predicted octanol–water partition coefficient (Wildman–Crippen LogP) is 4.93. The van der Waals surface area contributed by atoms with Crippen molar-refractivity contribution in [3.8, 4) is 11.3 Å². The van der Waals surface area contributed by atoms with Gasteiger partial charge in [-0.05, 0) is 51.0 Å². The van der Waals surface area contributed by atoms with Crippen LogP contribution in [0.25, 0.3) is 22.2 Å². The number of para-hydroxylation sites is 1. The molecule has 2 aromatic carbocycles. The monoisotopic (exact) mass is 442 g/mol. The molecule has 3 heterocycles. The quantitative estimate of drug-likeness (QED) is 0.469. The number of aromatic amines is 1. The Morgan fingerprint density at radius 3 is 2.76 bits per heavy atom. The first kappa shape index (κ1) is 21.0. The van der Waals surface area contributed by atoms with Crippen molar-refractivity contribution in [1.29, 1.82) is 0 Å². The maximum absolute atomic E-state index is 13.1. The summed E-state index contributed by atoms with van der Waals surface area (Å²) in [5.74, 6) is 0.0578. The Morgan fingerprint density at radius 1 is 1.12 bits per heavy atom. The highest BCUT2D eigenvalue weighted by atomic mass is 16.5. The molecule has 1 aliphatic heterocycles. The van der Waals surface area contributed by atoms with Gasteiger partial charge in [-0.25, -0.2) is 0 Å². The van der Waals surface area contributed by atoms with Gasteiger partial charge in [0.1, 0.15) is 11.3 Å². The van der Waals surface area contributed by atoms with E-state index in [0.29, 0.717) is 30.1 Å². The number of aromatic nitrogens is 2. The third-order valence-electron chi connectivity index (χ3n) is 6.30. The normalized spacial score (nSPS) is 16.2. The smallest absolute Gasteiger partial charge is 0.259 e. The van der Waals surface area contributed by atoms with Crippen LogP contribution in [0.3, 0.4) is 0 Å². The molecule has 5 rings (SSSR count). The van der Waals surface area contributed by atoms with Crippen LogP contribution in [0.4, 0.5) is 5.69 Å². The van der Waals surface area contributed by atoms with Crippen molar-refractivity contribution in [2.75, 3.05) is 18.4 Å². The fourth-order valence-electron chi connectivity index (χ4n) is 4.56. The number of likely N-dealkylation sites (tertiary alicyclic amines) is 1. The van der Waals surface area contributed by atoms with E-state index in [1.54, 1.807) is 18.7 Å². The fourth-order valence-corrected chi connectivity index (χ4v) is 4.56. The molecular formula is C26H26N4O3. The number of hydrogen-bond acceptors (Lipinski definition) is 4. The number of fused-ring (bicyclic) bond motifs is 1. The van der Waals surface area contributed by atoms with Crippen LogP contribution in [0.2, 0.25) is 0 Å². The van der Waals surface area contributed by atoms with Gasteiger partial charge in [0.2, 0.25) is 5.91 Å². The third kappa shape index (κ3) is 4.14. The van der Waals surface area contributed by atoms with Crippen molar-refractivity contribution < 1.29 is 14.1 Å². The molecule has 1 aliphatic rings. The van der Waals surface area contributed by atoms with Gasteiger partial charge >= 0.3 is 0 Å². The van der Waals surface area contributed by atoms with Crippen molar-refractivity contribution in [3.05, 3.63) is 71.6 Å². The zero-order valence-corrected chi connectivity index (χ0v) is 18.7. The molecule has 4 aromatic rings. The molecule has 7 heteroatoms. The van der Waals surface area contributed by atoms with E-state index in [1.807, 2.05) is 42.5 Å². The van der Waals surface area contributed by atoms with E-state index >= 15 is 0 Å². The summed E-state index contributed by atoms with van der Waals surface area (Å²) in [4.78, 5) is 31.2. The second-order valence-electron chi connectivity index (χ2n) is 8.63. The van der Waals surface area contributed by atoms with Crippen molar-refractivity contribution in [3.63, 3.8) is 0 Å². The van der Waals surface area contributed by atoms with Crippen LogP contribution in [0.15, 0.2) is 59.1 Å². The predicted molar refractivity (Wildman–Crippen MR) is 127 cm³/mol. The van der Waals surface area contributed by atoms with Crippen molar-refractivity contribution in [1.82, 2.24) is 15.0 Å². The van der Waals surface area contributed by atoms with Gasteiger partial charge in [0.25, 0.3) is 5.91 Å². The van der Waals surface area contributed by atoms with Gasteiger partial charge in [0.15, 0.2) is 0 Å². The topological polar surface area (TPSA) is 91.2 Å². The average Bonchev–Trinajstić information content (AvgIpc) is 3.41. The summed E-state index contributed by atoms with van der Waals surface area (Å²) >= 11 is 0. The summed E-state index contributed by atoms with van der Waals surface area (Å²) in [5.41, 5.74) is 4.90. The van der Waals surface area contributed by atoms with Crippen molar-refractivity contribution in [2.45, 2.75) is 26.7 Å². The standard InChI is InChI=1S/C26H26N4O3/c1-16-24(17(2)33-29-16)26(32)30-12-6-9-20(15-30)25(31)27-21-10-5-8-18(13-21)23-14-19-7-3-4-11-22(19)28-23/h3-5,7-8,10-11,13-14,20,28H,6,9,12,15H2,1-2H3,(H,27,31)/t20-/m0/s1. The molecule has 0 saturated carbocycles. The van der Waals surface area contributed by atoms with Gasteiger partial charge in [-0.3, -0.25) is 9.59 Å². The van der Waals surface area contributed by atoms with E-state index < -0.39 is 0 Å². The van der Waals surface area contributed by atoms with Crippen LogP contribution in [0.5, 0.6) is 0 Å². The summed E-state index contributed by atoms with van der Waals surface area (Å²) in [5, 5.41) is 8.08. The zero-order chi connectivity index (χ0) is 22.9. The Balaban J connectivity index is 1.29. The molecule has 7 nitrogen and oxygen atoms in total. The number of H-pyrrole nitrogens is 1. The molecule has 0 aliphatic carbocycles. The molecule has 1 fully saturated rings. The van der Waals surface area contributed by atoms with E-state index in [-0.39, 0.29) is 17.7 Å². The maximum Gasteiger partial charge on any atom is 0.259 e. The lowest BCUT2D eigenvalue weighted by Gasteiger charge is -2.32. The van der Waals surface area contributed by atoms with Crippen LogP contribution < -0.4 is 5.32 Å². The Bertz CT molecular complexity index is 1280. The lowest BCUT2D eigenvalue weighted by atomic mass is 9.96. The molecule has 2 amide bonds. The number of piperidine rings is 1. The number of hydrogen-bond donors (Lipinski definition) is 2. The minimum Gasteiger partial charge on any atom is -0.361 e. The Kier molecular flexibility index (Phi) is 5.46. The molecule has 168 valence electrons. The molecule has 0 bridgehead atoms. The summed E-state index contributed by atoms with van der Waals surface area (Å²) < 4.78 is 5.15. The summed E-state index contributed by atoms with van der Waals surface area (Å²) in [6.45, 7) is 4.51. The number of aryl methyl sites for hydroxylation is 2. The van der Waals surface area contributed by atoms with E-state index in [9.17, 15) is 9.59 Å². The number of nitrogens with zero attached hydrogens (tertiary/aromatic N) is 2. The highest BCUT2D eigenvalue weighted by Gasteiger charge is 2.31. The minimum absolute atomic E-state index is 0.0694. The van der Waals surface area contributed by atoms with Crippen LogP contribution in [-0.4, -0.2) is 39.9 Å². The van der Waals surface area contributed by atoms with Crippen LogP contribution in [0.1, 0.15) is 34.7 Å².